The molecular weight excluding hydrogens is 482 g/mol. The Balaban J connectivity index is 1.97. The van der Waals surface area contributed by atoms with Gasteiger partial charge in [0.25, 0.3) is 5.91 Å². The molecule has 7 nitrogen and oxygen atoms in total. The number of benzene rings is 2. The molecule has 32 heavy (non-hydrogen) atoms. The van der Waals surface area contributed by atoms with Crippen molar-refractivity contribution in [3.63, 3.8) is 0 Å². The van der Waals surface area contributed by atoms with Gasteiger partial charge in [-0.05, 0) is 37.3 Å². The average Bonchev–Trinajstić information content (AvgIpc) is 2.71. The Morgan fingerprint density at radius 1 is 1.12 bits per heavy atom. The van der Waals surface area contributed by atoms with Crippen molar-refractivity contribution in [1.82, 2.24) is 9.71 Å². The van der Waals surface area contributed by atoms with Crippen molar-refractivity contribution in [2.45, 2.75) is 6.92 Å². The van der Waals surface area contributed by atoms with Gasteiger partial charge in [-0.15, -0.1) is 0 Å². The molecule has 0 bridgehead atoms. The first-order valence-corrected chi connectivity index (χ1v) is 11.6. The number of methoxy groups -OCH3 is 1. The van der Waals surface area contributed by atoms with E-state index in [1.807, 2.05) is 0 Å². The van der Waals surface area contributed by atoms with Gasteiger partial charge in [0.1, 0.15) is 22.3 Å². The number of nitrogens with zero attached hydrogens (tertiary/aromatic N) is 1. The Morgan fingerprint density at radius 2 is 1.84 bits per heavy atom. The van der Waals surface area contributed by atoms with Crippen molar-refractivity contribution in [3.8, 4) is 28.5 Å². The lowest BCUT2D eigenvalue weighted by Crippen LogP contribution is -2.30. The normalized spacial score (nSPS) is 11.2. The molecule has 0 unspecified atom stereocenters. The molecule has 0 spiro atoms. The maximum absolute atomic E-state index is 14.6. The number of aromatic nitrogens is 1. The summed E-state index contributed by atoms with van der Waals surface area (Å²) in [5.74, 6) is -1.37. The van der Waals surface area contributed by atoms with Crippen LogP contribution in [0.3, 0.4) is 0 Å². The van der Waals surface area contributed by atoms with Crippen LogP contribution in [0.4, 0.5) is 4.39 Å². The van der Waals surface area contributed by atoms with Crippen LogP contribution in [0.1, 0.15) is 15.9 Å². The van der Waals surface area contributed by atoms with Crippen LogP contribution >= 0.6 is 23.2 Å². The molecule has 168 valence electrons. The number of hydrogen-bond acceptors (Lipinski definition) is 6. The van der Waals surface area contributed by atoms with Gasteiger partial charge in [-0.1, -0.05) is 29.3 Å². The van der Waals surface area contributed by atoms with E-state index in [0.717, 1.165) is 18.4 Å². The molecule has 1 amide bonds. The first-order valence-electron chi connectivity index (χ1n) is 8.98. The third kappa shape index (κ3) is 5.29. The van der Waals surface area contributed by atoms with Gasteiger partial charge >= 0.3 is 0 Å². The maximum atomic E-state index is 14.6. The van der Waals surface area contributed by atoms with Gasteiger partial charge in [0.15, 0.2) is 0 Å². The standard InChI is InChI=1S/C21H17Cl2FN2O5S/c1-11-15(22)5-4-6-18(11)31-21-16(23)7-12(10-25-21)13-8-17(24)14(9-19(13)30-2)20(27)26-32(3,28)29/h4-10H,1-3H3,(H,26,27). The minimum atomic E-state index is -3.87. The second-order valence-corrected chi connectivity index (χ2v) is 9.27. The smallest absolute Gasteiger partial charge is 0.267 e. The maximum Gasteiger partial charge on any atom is 0.267 e. The average molecular weight is 499 g/mol. The van der Waals surface area contributed by atoms with Gasteiger partial charge in [0.2, 0.25) is 15.9 Å². The van der Waals surface area contributed by atoms with E-state index in [4.69, 9.17) is 32.7 Å². The number of sulfonamides is 1. The van der Waals surface area contributed by atoms with Crippen LogP contribution in [0.15, 0.2) is 42.6 Å². The molecule has 1 N–H and O–H groups in total. The molecule has 3 rings (SSSR count). The van der Waals surface area contributed by atoms with Crippen LogP contribution in [-0.4, -0.2) is 32.7 Å². The molecule has 0 radical (unpaired) electrons. The van der Waals surface area contributed by atoms with Crippen molar-refractivity contribution < 1.29 is 27.1 Å². The summed E-state index contributed by atoms with van der Waals surface area (Å²) in [5, 5.41) is 0.665. The summed E-state index contributed by atoms with van der Waals surface area (Å²) in [6.45, 7) is 1.79. The molecular formula is C21H17Cl2FN2O5S. The van der Waals surface area contributed by atoms with Crippen LogP contribution in [0.2, 0.25) is 10.0 Å². The highest BCUT2D eigenvalue weighted by Gasteiger charge is 2.21. The van der Waals surface area contributed by atoms with E-state index in [9.17, 15) is 17.6 Å². The van der Waals surface area contributed by atoms with Gasteiger partial charge < -0.3 is 9.47 Å². The Kier molecular flexibility index (Phi) is 6.92. The van der Waals surface area contributed by atoms with Gasteiger partial charge in [0.05, 0.1) is 18.9 Å². The van der Waals surface area contributed by atoms with Crippen molar-refractivity contribution in [3.05, 3.63) is 69.6 Å². The minimum Gasteiger partial charge on any atom is -0.496 e. The van der Waals surface area contributed by atoms with Crippen LogP contribution in [-0.2, 0) is 10.0 Å². The lowest BCUT2D eigenvalue weighted by atomic mass is 10.0. The third-order valence-electron chi connectivity index (χ3n) is 4.35. The predicted octanol–water partition coefficient (Wildman–Crippen LogP) is 4.99. The van der Waals surface area contributed by atoms with E-state index in [1.54, 1.807) is 29.8 Å². The van der Waals surface area contributed by atoms with Gasteiger partial charge in [0, 0.05) is 27.9 Å². The molecule has 11 heteroatoms. The summed E-state index contributed by atoms with van der Waals surface area (Å²) >= 11 is 12.4. The molecule has 0 aliphatic rings. The molecule has 0 atom stereocenters. The number of amides is 1. The zero-order valence-corrected chi connectivity index (χ0v) is 19.4. The number of nitrogens with one attached hydrogen (secondary N) is 1. The fourth-order valence-electron chi connectivity index (χ4n) is 2.80. The highest BCUT2D eigenvalue weighted by molar-refractivity contribution is 7.89. The number of rotatable bonds is 6. The zero-order chi connectivity index (χ0) is 23.6. The number of ether oxygens (including phenoxy) is 2. The summed E-state index contributed by atoms with van der Waals surface area (Å²) in [6.07, 6.45) is 2.19. The number of carbonyl (C=O) groups is 1. The summed E-state index contributed by atoms with van der Waals surface area (Å²) in [7, 11) is -2.55. The van der Waals surface area contributed by atoms with Crippen LogP contribution in [0.5, 0.6) is 17.4 Å². The second kappa shape index (κ2) is 9.32. The molecule has 1 heterocycles. The van der Waals surface area contributed by atoms with Crippen molar-refractivity contribution in [2.24, 2.45) is 0 Å². The molecule has 0 fully saturated rings. The fraction of sp³-hybridized carbons (Fsp3) is 0.143. The topological polar surface area (TPSA) is 94.6 Å². The predicted molar refractivity (Wildman–Crippen MR) is 120 cm³/mol. The Morgan fingerprint density at radius 3 is 2.47 bits per heavy atom. The van der Waals surface area contributed by atoms with Crippen LogP contribution < -0.4 is 14.2 Å². The van der Waals surface area contributed by atoms with Gasteiger partial charge in [-0.25, -0.2) is 22.5 Å². The van der Waals surface area contributed by atoms with E-state index in [2.05, 4.69) is 4.98 Å². The Hall–Kier alpha value is -2.88. The highest BCUT2D eigenvalue weighted by Crippen LogP contribution is 2.37. The molecule has 3 aromatic rings. The quantitative estimate of drug-likeness (QED) is 0.514. The van der Waals surface area contributed by atoms with Crippen molar-refractivity contribution >= 4 is 39.1 Å². The number of pyridine rings is 1. The SMILES string of the molecule is COc1cc(C(=O)NS(C)(=O)=O)c(F)cc1-c1cnc(Oc2cccc(Cl)c2C)c(Cl)c1. The Bertz CT molecular complexity index is 1320. The third-order valence-corrected chi connectivity index (χ3v) is 5.59. The molecule has 0 saturated heterocycles. The largest absolute Gasteiger partial charge is 0.496 e. The van der Waals surface area contributed by atoms with Gasteiger partial charge in [-0.3, -0.25) is 4.79 Å². The number of halogens is 3. The summed E-state index contributed by atoms with van der Waals surface area (Å²) < 4.78 is 49.9. The second-order valence-electron chi connectivity index (χ2n) is 6.71. The Labute approximate surface area is 194 Å². The summed E-state index contributed by atoms with van der Waals surface area (Å²) in [4.78, 5) is 16.3. The summed E-state index contributed by atoms with van der Waals surface area (Å²) in [5.41, 5.74) is 0.853. The number of carbonyl (C=O) groups excluding carboxylic acids is 1. The van der Waals surface area contributed by atoms with Crippen molar-refractivity contribution in [2.75, 3.05) is 13.4 Å². The first kappa shape index (κ1) is 23.8. The zero-order valence-electron chi connectivity index (χ0n) is 17.1. The first-order chi connectivity index (χ1) is 15.0. The summed E-state index contributed by atoms with van der Waals surface area (Å²) in [6, 6.07) is 8.79. The minimum absolute atomic E-state index is 0.113. The molecule has 0 saturated carbocycles. The molecule has 1 aromatic heterocycles. The monoisotopic (exact) mass is 498 g/mol. The number of hydrogen-bond donors (Lipinski definition) is 1. The fourth-order valence-corrected chi connectivity index (χ4v) is 3.61. The van der Waals surface area contributed by atoms with E-state index < -0.39 is 27.3 Å². The van der Waals surface area contributed by atoms with Crippen molar-refractivity contribution in [1.29, 1.82) is 0 Å². The van der Waals surface area contributed by atoms with E-state index >= 15 is 0 Å². The molecule has 0 aliphatic heterocycles. The van der Waals surface area contributed by atoms with Gasteiger partial charge in [-0.2, -0.15) is 0 Å². The van der Waals surface area contributed by atoms with E-state index in [0.29, 0.717) is 21.9 Å². The molecule has 0 aliphatic carbocycles. The lowest BCUT2D eigenvalue weighted by molar-refractivity contribution is 0.0977. The lowest BCUT2D eigenvalue weighted by Gasteiger charge is -2.14. The van der Waals surface area contributed by atoms with E-state index in [1.165, 1.54) is 19.4 Å². The van der Waals surface area contributed by atoms with Crippen LogP contribution in [0.25, 0.3) is 11.1 Å². The van der Waals surface area contributed by atoms with E-state index in [-0.39, 0.29) is 22.2 Å². The van der Waals surface area contributed by atoms with Crippen LogP contribution in [0, 0.1) is 12.7 Å². The highest BCUT2D eigenvalue weighted by atomic mass is 35.5. The molecule has 2 aromatic carbocycles.